The van der Waals surface area contributed by atoms with E-state index in [4.69, 9.17) is 14.2 Å². The van der Waals surface area contributed by atoms with Crippen LogP contribution >= 0.6 is 0 Å². The maximum Gasteiger partial charge on any atom is 0.305 e. The normalized spacial score (nSPS) is 19.5. The molecule has 1 aliphatic heterocycles. The third-order valence-corrected chi connectivity index (χ3v) is 8.65. The van der Waals surface area contributed by atoms with Gasteiger partial charge < -0.3 is 34.4 Å². The number of rotatable bonds is 13. The lowest BCUT2D eigenvalue weighted by Crippen LogP contribution is -2.48. The number of benzene rings is 1. The molecule has 2 heterocycles. The number of nitrogens with zero attached hydrogens (tertiary/aromatic N) is 3. The topological polar surface area (TPSA) is 148 Å². The van der Waals surface area contributed by atoms with Crippen molar-refractivity contribution in [2.75, 3.05) is 45.3 Å². The zero-order valence-electron chi connectivity index (χ0n) is 29.7. The number of aliphatic hydroxyl groups excluding tert-OH is 1. The average molecular weight is 683 g/mol. The number of unbranched alkanes of at least 4 members (excludes halogenated alkanes) is 2. The molecular formula is C37H54N4O8. The third kappa shape index (κ3) is 12.7. The fraction of sp³-hybridized carbons (Fsp3) is 0.595. The van der Waals surface area contributed by atoms with Crippen LogP contribution in [0.2, 0.25) is 0 Å². The van der Waals surface area contributed by atoms with Crippen molar-refractivity contribution in [3.05, 3.63) is 53.9 Å². The number of anilines is 1. The summed E-state index contributed by atoms with van der Waals surface area (Å²) in [5, 5.41) is 13.1. The van der Waals surface area contributed by atoms with E-state index in [2.05, 4.69) is 10.3 Å². The van der Waals surface area contributed by atoms with Crippen molar-refractivity contribution in [3.8, 4) is 5.75 Å². The number of fused-ring (bicyclic) bond motifs is 1. The first kappa shape index (κ1) is 39.4. The monoisotopic (exact) mass is 682 g/mol. The lowest BCUT2D eigenvalue weighted by molar-refractivity contribution is -0.143. The average Bonchev–Trinajstić information content (AvgIpc) is 3.09. The number of esters is 1. The van der Waals surface area contributed by atoms with E-state index in [-0.39, 0.29) is 67.0 Å². The van der Waals surface area contributed by atoms with Gasteiger partial charge in [0.2, 0.25) is 5.91 Å². The first-order valence-electron chi connectivity index (χ1n) is 17.5. The van der Waals surface area contributed by atoms with Gasteiger partial charge in [-0.2, -0.15) is 0 Å². The van der Waals surface area contributed by atoms with Crippen molar-refractivity contribution in [1.29, 1.82) is 0 Å². The minimum Gasteiger partial charge on any atom is -0.490 e. The molecule has 1 aromatic carbocycles. The molecule has 12 nitrogen and oxygen atoms in total. The zero-order chi connectivity index (χ0) is 35.8. The van der Waals surface area contributed by atoms with Crippen LogP contribution in [0.5, 0.6) is 5.75 Å². The fourth-order valence-corrected chi connectivity index (χ4v) is 5.72. The minimum atomic E-state index is -0.530. The number of carbonyl (C=O) groups excluding carboxylic acids is 4. The first-order valence-corrected chi connectivity index (χ1v) is 17.5. The van der Waals surface area contributed by atoms with Crippen molar-refractivity contribution < 1.29 is 38.5 Å². The Bertz CT molecular complexity index is 1360. The largest absolute Gasteiger partial charge is 0.490 e. The van der Waals surface area contributed by atoms with Crippen molar-refractivity contribution in [1.82, 2.24) is 14.8 Å². The van der Waals surface area contributed by atoms with Gasteiger partial charge >= 0.3 is 5.97 Å². The predicted molar refractivity (Wildman–Crippen MR) is 186 cm³/mol. The summed E-state index contributed by atoms with van der Waals surface area (Å²) < 4.78 is 17.6. The van der Waals surface area contributed by atoms with Crippen LogP contribution in [0.25, 0.3) is 0 Å². The van der Waals surface area contributed by atoms with Crippen molar-refractivity contribution in [2.24, 2.45) is 5.92 Å². The number of hydrogen-bond acceptors (Lipinski definition) is 9. The molecule has 2 N–H and O–H groups in total. The van der Waals surface area contributed by atoms with Crippen LogP contribution in [-0.4, -0.2) is 102 Å². The number of aromatic nitrogens is 1. The van der Waals surface area contributed by atoms with Gasteiger partial charge in [-0.05, 0) is 83.2 Å². The molecule has 0 spiro atoms. The fourth-order valence-electron chi connectivity index (χ4n) is 5.72. The summed E-state index contributed by atoms with van der Waals surface area (Å²) in [6, 6.07) is 7.88. The van der Waals surface area contributed by atoms with Gasteiger partial charge in [0.05, 0.1) is 37.0 Å². The quantitative estimate of drug-likeness (QED) is 0.218. The van der Waals surface area contributed by atoms with Gasteiger partial charge in [-0.1, -0.05) is 13.3 Å². The van der Waals surface area contributed by atoms with Gasteiger partial charge in [0, 0.05) is 69.1 Å². The Hall–Kier alpha value is -4.03. The van der Waals surface area contributed by atoms with Crippen LogP contribution in [0.15, 0.2) is 42.7 Å². The van der Waals surface area contributed by atoms with Crippen LogP contribution in [0, 0.1) is 5.92 Å². The number of hydrogen-bond donors (Lipinski definition) is 2. The van der Waals surface area contributed by atoms with E-state index in [1.165, 1.54) is 0 Å². The van der Waals surface area contributed by atoms with Gasteiger partial charge in [-0.15, -0.1) is 0 Å². The molecule has 0 saturated heterocycles. The molecule has 3 amide bonds. The van der Waals surface area contributed by atoms with Crippen molar-refractivity contribution >= 4 is 29.4 Å². The smallest absolute Gasteiger partial charge is 0.305 e. The number of likely N-dealkylation sites (N-methyl/N-ethyl adjacent to an activating group) is 1. The van der Waals surface area contributed by atoms with E-state index in [0.29, 0.717) is 62.4 Å². The van der Waals surface area contributed by atoms with Gasteiger partial charge in [0.25, 0.3) is 11.8 Å². The number of carbonyl (C=O) groups is 4. The number of nitrogens with one attached hydrogen (secondary N) is 1. The van der Waals surface area contributed by atoms with Crippen molar-refractivity contribution in [2.45, 2.75) is 97.3 Å². The van der Waals surface area contributed by atoms with Crippen LogP contribution in [-0.2, 0) is 19.1 Å². The Morgan fingerprint density at radius 2 is 1.84 bits per heavy atom. The molecule has 4 atom stereocenters. The van der Waals surface area contributed by atoms with Crippen LogP contribution < -0.4 is 10.1 Å². The molecule has 0 aliphatic carbocycles. The molecule has 0 radical (unpaired) electrons. The van der Waals surface area contributed by atoms with Crippen LogP contribution in [0.1, 0.15) is 99.8 Å². The Labute approximate surface area is 290 Å². The third-order valence-electron chi connectivity index (χ3n) is 8.65. The molecule has 0 bridgehead atoms. The second-order valence-corrected chi connectivity index (χ2v) is 12.8. The highest BCUT2D eigenvalue weighted by atomic mass is 16.5. The van der Waals surface area contributed by atoms with Crippen molar-refractivity contribution in [3.63, 3.8) is 0 Å². The van der Waals surface area contributed by atoms with Gasteiger partial charge in [0.15, 0.2) is 0 Å². The summed E-state index contributed by atoms with van der Waals surface area (Å²) in [6.45, 7) is 8.63. The number of pyridine rings is 1. The molecule has 1 aliphatic rings. The predicted octanol–water partition coefficient (Wildman–Crippen LogP) is 5.10. The summed E-state index contributed by atoms with van der Waals surface area (Å²) >= 11 is 0. The molecular weight excluding hydrogens is 628 g/mol. The highest BCUT2D eigenvalue weighted by molar-refractivity contribution is 5.99. The van der Waals surface area contributed by atoms with E-state index in [1.807, 2.05) is 13.8 Å². The maximum absolute atomic E-state index is 14.3. The number of ether oxygens (including phenoxy) is 3. The van der Waals surface area contributed by atoms with Gasteiger partial charge in [0.1, 0.15) is 5.75 Å². The van der Waals surface area contributed by atoms with Gasteiger partial charge in [-0.3, -0.25) is 24.2 Å². The van der Waals surface area contributed by atoms with E-state index in [1.54, 1.807) is 73.4 Å². The lowest BCUT2D eigenvalue weighted by Gasteiger charge is -2.36. The number of amides is 3. The standard InChI is InChI=1S/C37H54N4O8/c1-6-47-35(44)14-9-7-8-13-34(43)39-30-15-16-32-31(22-30)37(46)41(27(3)25-42)23-26(2)33(48-21-11-10-12-28(4)49-32)24-40(5)36(45)29-17-19-38-20-18-29/h15-20,22,26-28,33,42H,6-14,21,23-25H2,1-5H3,(H,39,43)/t26-,27+,28+,33+/m1/s1. The summed E-state index contributed by atoms with van der Waals surface area (Å²) in [7, 11) is 1.73. The molecule has 12 heteroatoms. The second-order valence-electron chi connectivity index (χ2n) is 12.8. The summed E-state index contributed by atoms with van der Waals surface area (Å²) in [4.78, 5) is 59.1. The molecule has 3 rings (SSSR count). The SMILES string of the molecule is CCOC(=O)CCCCCC(=O)Nc1ccc2c(c1)C(=O)N([C@@H](C)CO)C[C@@H](C)[C@H](CN(C)C(=O)c1ccncc1)OCCCC[C@H](C)O2. The van der Waals surface area contributed by atoms with Crippen LogP contribution in [0.3, 0.4) is 0 Å². The second kappa shape index (κ2) is 20.5. The highest BCUT2D eigenvalue weighted by Crippen LogP contribution is 2.29. The first-order chi connectivity index (χ1) is 23.5. The molecule has 2 aromatic rings. The van der Waals surface area contributed by atoms with E-state index < -0.39 is 6.04 Å². The molecule has 1 aromatic heterocycles. The Kier molecular flexibility index (Phi) is 16.5. The summed E-state index contributed by atoms with van der Waals surface area (Å²) in [5.74, 6) is -0.724. The summed E-state index contributed by atoms with van der Waals surface area (Å²) in [6.07, 6.45) is 7.56. The minimum absolute atomic E-state index is 0.152. The molecule has 0 unspecified atom stereocenters. The molecule has 49 heavy (non-hydrogen) atoms. The number of aliphatic hydroxyl groups is 1. The van der Waals surface area contributed by atoms with Crippen LogP contribution in [0.4, 0.5) is 5.69 Å². The van der Waals surface area contributed by atoms with Gasteiger partial charge in [-0.25, -0.2) is 0 Å². The van der Waals surface area contributed by atoms with E-state index in [9.17, 15) is 24.3 Å². The van der Waals surface area contributed by atoms with E-state index >= 15 is 0 Å². The zero-order valence-corrected chi connectivity index (χ0v) is 29.7. The molecule has 0 saturated carbocycles. The highest BCUT2D eigenvalue weighted by Gasteiger charge is 2.31. The van der Waals surface area contributed by atoms with E-state index in [0.717, 1.165) is 19.3 Å². The summed E-state index contributed by atoms with van der Waals surface area (Å²) in [5.41, 5.74) is 1.27. The molecule has 270 valence electrons. The Morgan fingerprint density at radius 3 is 2.55 bits per heavy atom. The molecule has 0 fully saturated rings. The Balaban J connectivity index is 1.81. The maximum atomic E-state index is 14.3. The lowest BCUT2D eigenvalue weighted by atomic mass is 10.0. The Morgan fingerprint density at radius 1 is 1.10 bits per heavy atom.